The number of nitrogens with two attached hydrogens (primary N) is 1. The van der Waals surface area contributed by atoms with Crippen LogP contribution in [0.2, 0.25) is 0 Å². The molecule has 180 valence electrons. The van der Waals surface area contributed by atoms with Gasteiger partial charge in [0.25, 0.3) is 0 Å². The van der Waals surface area contributed by atoms with Gasteiger partial charge in [0.1, 0.15) is 23.9 Å². The molecule has 7 atom stereocenters. The largest absolute Gasteiger partial charge is 0.388 e. The number of carbonyl (C=O) groups is 2. The van der Waals surface area contributed by atoms with Crippen molar-refractivity contribution in [2.45, 2.75) is 101 Å². The summed E-state index contributed by atoms with van der Waals surface area (Å²) in [4.78, 5) is 25.8. The van der Waals surface area contributed by atoms with Gasteiger partial charge in [-0.15, -0.1) is 0 Å². The molecule has 0 spiro atoms. The average molecular weight is 446 g/mol. The number of ether oxygens (including phenoxy) is 2. The molecule has 2 heterocycles. The number of carbonyl (C=O) groups excluding carboxylic acids is 2. The zero-order chi connectivity index (χ0) is 23.2. The Morgan fingerprint density at radius 3 is 2.42 bits per heavy atom. The lowest BCUT2D eigenvalue weighted by atomic mass is 9.93. The molecule has 2 amide bonds. The first-order valence-electron chi connectivity index (χ1n) is 11.2. The molecular formula is C21H39N3O7. The van der Waals surface area contributed by atoms with Crippen LogP contribution in [-0.2, 0) is 19.1 Å². The molecule has 2 rings (SSSR count). The van der Waals surface area contributed by atoms with Crippen LogP contribution in [0.25, 0.3) is 0 Å². The normalized spacial score (nSPS) is 36.1. The van der Waals surface area contributed by atoms with Crippen molar-refractivity contribution in [2.24, 2.45) is 5.73 Å². The SMILES string of the molecule is C[C@H]1O[C@H](OCCCCCCCCN)[C@H](O)[C@@H](O)[C@H]1NC(=O)[C@H]1N(C)C(=O)C[C@@]1(C)O. The molecule has 2 aliphatic rings. The topological polar surface area (TPSA) is 155 Å². The first-order chi connectivity index (χ1) is 14.6. The second kappa shape index (κ2) is 11.5. The number of unbranched alkanes of at least 4 members (excludes halogenated alkanes) is 5. The Bertz CT molecular complexity index is 604. The fourth-order valence-corrected chi connectivity index (χ4v) is 4.31. The summed E-state index contributed by atoms with van der Waals surface area (Å²) in [5.74, 6) is -0.953. The number of likely N-dealkylation sites (tertiary alicyclic amines) is 1. The van der Waals surface area contributed by atoms with E-state index in [2.05, 4.69) is 5.32 Å². The molecule has 0 aromatic heterocycles. The van der Waals surface area contributed by atoms with Crippen molar-refractivity contribution in [3.05, 3.63) is 0 Å². The van der Waals surface area contributed by atoms with Crippen molar-refractivity contribution in [1.29, 1.82) is 0 Å². The van der Waals surface area contributed by atoms with Gasteiger partial charge < -0.3 is 40.7 Å². The molecular weight excluding hydrogens is 406 g/mol. The number of aliphatic hydroxyl groups is 3. The van der Waals surface area contributed by atoms with Crippen molar-refractivity contribution in [1.82, 2.24) is 10.2 Å². The van der Waals surface area contributed by atoms with E-state index in [0.717, 1.165) is 45.1 Å². The molecule has 0 aromatic rings. The van der Waals surface area contributed by atoms with Gasteiger partial charge in [-0.3, -0.25) is 9.59 Å². The molecule has 0 aromatic carbocycles. The molecule has 0 unspecified atom stereocenters. The van der Waals surface area contributed by atoms with Gasteiger partial charge >= 0.3 is 0 Å². The third-order valence-electron chi connectivity index (χ3n) is 6.17. The maximum atomic E-state index is 12.8. The predicted octanol–water partition coefficient (Wildman–Crippen LogP) is -0.765. The van der Waals surface area contributed by atoms with Gasteiger partial charge in [0.15, 0.2) is 6.29 Å². The smallest absolute Gasteiger partial charge is 0.246 e. The first-order valence-corrected chi connectivity index (χ1v) is 11.2. The Balaban J connectivity index is 1.82. The number of hydrogen-bond acceptors (Lipinski definition) is 8. The van der Waals surface area contributed by atoms with Gasteiger partial charge in [0, 0.05) is 13.7 Å². The zero-order valence-corrected chi connectivity index (χ0v) is 18.8. The Kier molecular flexibility index (Phi) is 9.66. The van der Waals surface area contributed by atoms with Gasteiger partial charge in [0.05, 0.1) is 18.6 Å². The molecule has 0 radical (unpaired) electrons. The summed E-state index contributed by atoms with van der Waals surface area (Å²) in [6, 6.07) is -2.00. The van der Waals surface area contributed by atoms with Crippen molar-refractivity contribution in [3.63, 3.8) is 0 Å². The number of likely N-dealkylation sites (N-methyl/N-ethyl adjacent to an activating group) is 1. The van der Waals surface area contributed by atoms with Crippen LogP contribution in [0.5, 0.6) is 0 Å². The molecule has 10 nitrogen and oxygen atoms in total. The fourth-order valence-electron chi connectivity index (χ4n) is 4.31. The van der Waals surface area contributed by atoms with E-state index < -0.39 is 48.2 Å². The van der Waals surface area contributed by atoms with Crippen LogP contribution in [0.1, 0.15) is 58.8 Å². The van der Waals surface area contributed by atoms with Crippen molar-refractivity contribution < 1.29 is 34.4 Å². The third kappa shape index (κ3) is 6.59. The van der Waals surface area contributed by atoms with E-state index in [-0.39, 0.29) is 12.3 Å². The maximum Gasteiger partial charge on any atom is 0.246 e. The van der Waals surface area contributed by atoms with E-state index in [9.17, 15) is 24.9 Å². The first kappa shape index (κ1) is 26.0. The molecule has 6 N–H and O–H groups in total. The van der Waals surface area contributed by atoms with Crippen LogP contribution in [0, 0.1) is 0 Å². The van der Waals surface area contributed by atoms with Crippen LogP contribution >= 0.6 is 0 Å². The number of amides is 2. The Hall–Kier alpha value is -1.30. The lowest BCUT2D eigenvalue weighted by molar-refractivity contribution is -0.272. The fraction of sp³-hybridized carbons (Fsp3) is 0.905. The minimum atomic E-state index is -1.52. The summed E-state index contributed by atoms with van der Waals surface area (Å²) in [6.07, 6.45) is 1.75. The minimum Gasteiger partial charge on any atom is -0.388 e. The molecule has 10 heteroatoms. The van der Waals surface area contributed by atoms with Crippen LogP contribution in [-0.4, -0.2) is 94.5 Å². The highest BCUT2D eigenvalue weighted by Gasteiger charge is 2.52. The highest BCUT2D eigenvalue weighted by molar-refractivity contribution is 5.93. The highest BCUT2D eigenvalue weighted by atomic mass is 16.7. The van der Waals surface area contributed by atoms with Crippen molar-refractivity contribution in [3.8, 4) is 0 Å². The van der Waals surface area contributed by atoms with E-state index >= 15 is 0 Å². The third-order valence-corrected chi connectivity index (χ3v) is 6.17. The predicted molar refractivity (Wildman–Crippen MR) is 113 cm³/mol. The van der Waals surface area contributed by atoms with E-state index in [0.29, 0.717) is 6.61 Å². The van der Waals surface area contributed by atoms with E-state index in [1.165, 1.54) is 18.9 Å². The maximum absolute atomic E-state index is 12.8. The van der Waals surface area contributed by atoms with Gasteiger partial charge in [-0.05, 0) is 33.2 Å². The van der Waals surface area contributed by atoms with Crippen molar-refractivity contribution >= 4 is 11.8 Å². The number of hydrogen-bond donors (Lipinski definition) is 5. The second-order valence-electron chi connectivity index (χ2n) is 8.95. The van der Waals surface area contributed by atoms with Crippen LogP contribution in [0.15, 0.2) is 0 Å². The Labute approximate surface area is 184 Å². The summed E-state index contributed by atoms with van der Waals surface area (Å²) in [7, 11) is 1.45. The molecule has 0 bridgehead atoms. The average Bonchev–Trinajstić information content (AvgIpc) is 2.91. The number of nitrogens with one attached hydrogen (secondary N) is 1. The highest BCUT2D eigenvalue weighted by Crippen LogP contribution is 2.29. The second-order valence-corrected chi connectivity index (χ2v) is 8.95. The lowest BCUT2D eigenvalue weighted by Gasteiger charge is -2.42. The van der Waals surface area contributed by atoms with Crippen molar-refractivity contribution in [2.75, 3.05) is 20.2 Å². The molecule has 2 aliphatic heterocycles. The summed E-state index contributed by atoms with van der Waals surface area (Å²) >= 11 is 0. The number of aliphatic hydroxyl groups excluding tert-OH is 2. The summed E-state index contributed by atoms with van der Waals surface area (Å²) in [5.41, 5.74) is 3.95. The lowest BCUT2D eigenvalue weighted by Crippen LogP contribution is -2.65. The molecule has 31 heavy (non-hydrogen) atoms. The van der Waals surface area contributed by atoms with E-state index in [4.69, 9.17) is 15.2 Å². The van der Waals surface area contributed by atoms with E-state index in [1.54, 1.807) is 6.92 Å². The molecule has 2 fully saturated rings. The standard InChI is InChI=1S/C21H39N3O7/c1-13-15(23-19(28)18-21(2,29)12-14(25)24(18)3)16(26)17(27)20(31-13)30-11-9-7-5-4-6-8-10-22/h13,15-18,20,26-27,29H,4-12,22H2,1-3H3,(H,23,28)/t13-,15+,16+,17-,18-,20+,21-/m1/s1. The summed E-state index contributed by atoms with van der Waals surface area (Å²) in [6.45, 7) is 4.20. The zero-order valence-electron chi connectivity index (χ0n) is 18.8. The molecule has 0 aliphatic carbocycles. The van der Waals surface area contributed by atoms with Gasteiger partial charge in [-0.1, -0.05) is 25.7 Å². The molecule has 0 saturated carbocycles. The van der Waals surface area contributed by atoms with E-state index in [1.807, 2.05) is 0 Å². The Morgan fingerprint density at radius 1 is 1.23 bits per heavy atom. The van der Waals surface area contributed by atoms with Crippen LogP contribution in [0.3, 0.4) is 0 Å². The summed E-state index contributed by atoms with van der Waals surface area (Å²) in [5, 5.41) is 34.0. The van der Waals surface area contributed by atoms with Gasteiger partial charge in [-0.2, -0.15) is 0 Å². The quantitative estimate of drug-likeness (QED) is 0.260. The number of nitrogens with zero attached hydrogens (tertiary/aromatic N) is 1. The Morgan fingerprint density at radius 2 is 1.84 bits per heavy atom. The minimum absolute atomic E-state index is 0.160. The molecule has 2 saturated heterocycles. The van der Waals surface area contributed by atoms with Gasteiger partial charge in [-0.25, -0.2) is 0 Å². The monoisotopic (exact) mass is 445 g/mol. The summed E-state index contributed by atoms with van der Waals surface area (Å²) < 4.78 is 11.3. The van der Waals surface area contributed by atoms with Gasteiger partial charge in [0.2, 0.25) is 11.8 Å². The van der Waals surface area contributed by atoms with Crippen LogP contribution < -0.4 is 11.1 Å². The number of rotatable bonds is 11. The van der Waals surface area contributed by atoms with Crippen LogP contribution in [0.4, 0.5) is 0 Å².